The predicted molar refractivity (Wildman–Crippen MR) is 75.0 cm³/mol. The number of benzene rings is 1. The Morgan fingerprint density at radius 1 is 1.53 bits per heavy atom. The second kappa shape index (κ2) is 4.85. The highest BCUT2D eigenvalue weighted by Crippen LogP contribution is 2.34. The van der Waals surface area contributed by atoms with Crippen molar-refractivity contribution in [2.45, 2.75) is 32.3 Å². The minimum absolute atomic E-state index is 0.0115. The molecule has 1 saturated heterocycles. The number of carbonyl (C=O) groups excluding carboxylic acids is 1. The lowest BCUT2D eigenvalue weighted by Crippen LogP contribution is -2.38. The third-order valence-corrected chi connectivity index (χ3v) is 4.20. The molecule has 2 aliphatic heterocycles. The van der Waals surface area contributed by atoms with Crippen LogP contribution in [0.2, 0.25) is 0 Å². The van der Waals surface area contributed by atoms with E-state index in [1.54, 1.807) is 0 Å². The van der Waals surface area contributed by atoms with E-state index >= 15 is 0 Å². The van der Waals surface area contributed by atoms with Crippen LogP contribution in [0.5, 0.6) is 0 Å². The van der Waals surface area contributed by atoms with Gasteiger partial charge in [-0.1, -0.05) is 13.0 Å². The number of ether oxygens (including phenoxy) is 1. The Hall–Kier alpha value is -1.55. The van der Waals surface area contributed by atoms with Crippen LogP contribution >= 0.6 is 0 Å². The lowest BCUT2D eigenvalue weighted by atomic mass is 9.98. The van der Waals surface area contributed by atoms with Crippen molar-refractivity contribution >= 4 is 17.3 Å². The largest absolute Gasteiger partial charge is 0.399 e. The average Bonchev–Trinajstić information content (AvgIpc) is 3.03. The normalized spacial score (nSPS) is 25.6. The monoisotopic (exact) mass is 260 g/mol. The van der Waals surface area contributed by atoms with Crippen LogP contribution in [0.15, 0.2) is 18.2 Å². The van der Waals surface area contributed by atoms with E-state index in [2.05, 4.69) is 6.92 Å². The van der Waals surface area contributed by atoms with Crippen LogP contribution < -0.4 is 10.6 Å². The summed E-state index contributed by atoms with van der Waals surface area (Å²) < 4.78 is 5.63. The van der Waals surface area contributed by atoms with Gasteiger partial charge in [0.05, 0.1) is 12.0 Å². The summed E-state index contributed by atoms with van der Waals surface area (Å²) in [6.45, 7) is 3.54. The zero-order valence-electron chi connectivity index (χ0n) is 11.3. The van der Waals surface area contributed by atoms with Crippen LogP contribution in [0.1, 0.15) is 25.3 Å². The van der Waals surface area contributed by atoms with Gasteiger partial charge in [-0.25, -0.2) is 0 Å². The Morgan fingerprint density at radius 3 is 3.16 bits per heavy atom. The van der Waals surface area contributed by atoms with Crippen LogP contribution in [-0.4, -0.2) is 25.2 Å². The SMILES string of the molecule is CCC1OCCC1C(=O)N1CCc2ccc(N)cc21. The van der Waals surface area contributed by atoms with Crippen molar-refractivity contribution in [3.8, 4) is 0 Å². The van der Waals surface area contributed by atoms with E-state index in [9.17, 15) is 4.79 Å². The molecule has 1 fully saturated rings. The molecule has 2 unspecified atom stereocenters. The van der Waals surface area contributed by atoms with E-state index in [0.717, 1.165) is 31.5 Å². The number of carbonyl (C=O) groups is 1. The zero-order chi connectivity index (χ0) is 13.4. The highest BCUT2D eigenvalue weighted by atomic mass is 16.5. The summed E-state index contributed by atoms with van der Waals surface area (Å²) in [6, 6.07) is 5.84. The van der Waals surface area contributed by atoms with Gasteiger partial charge in [0.15, 0.2) is 0 Å². The quantitative estimate of drug-likeness (QED) is 0.827. The van der Waals surface area contributed by atoms with Crippen LogP contribution in [0.25, 0.3) is 0 Å². The smallest absolute Gasteiger partial charge is 0.232 e. The minimum atomic E-state index is 0.0115. The molecule has 19 heavy (non-hydrogen) atoms. The molecule has 0 saturated carbocycles. The predicted octanol–water partition coefficient (Wildman–Crippen LogP) is 1.97. The number of nitrogens with zero attached hydrogens (tertiary/aromatic N) is 1. The molecule has 2 N–H and O–H groups in total. The van der Waals surface area contributed by atoms with Crippen molar-refractivity contribution in [3.05, 3.63) is 23.8 Å². The van der Waals surface area contributed by atoms with E-state index in [1.165, 1.54) is 5.56 Å². The van der Waals surface area contributed by atoms with Crippen LogP contribution in [-0.2, 0) is 16.0 Å². The first-order chi connectivity index (χ1) is 9.20. The molecule has 2 heterocycles. The van der Waals surface area contributed by atoms with Crippen molar-refractivity contribution in [2.75, 3.05) is 23.8 Å². The summed E-state index contributed by atoms with van der Waals surface area (Å²) in [6.07, 6.45) is 2.74. The molecule has 0 aromatic heterocycles. The Kier molecular flexibility index (Phi) is 3.19. The van der Waals surface area contributed by atoms with Gasteiger partial charge in [-0.15, -0.1) is 0 Å². The fourth-order valence-electron chi connectivity index (χ4n) is 3.16. The third-order valence-electron chi connectivity index (χ3n) is 4.20. The summed E-state index contributed by atoms with van der Waals surface area (Å²) in [5.41, 5.74) is 8.76. The maximum Gasteiger partial charge on any atom is 0.232 e. The van der Waals surface area contributed by atoms with Crippen molar-refractivity contribution < 1.29 is 9.53 Å². The van der Waals surface area contributed by atoms with Gasteiger partial charge in [-0.3, -0.25) is 4.79 Å². The molecule has 4 nitrogen and oxygen atoms in total. The molecule has 1 aromatic rings. The summed E-state index contributed by atoms with van der Waals surface area (Å²) in [7, 11) is 0. The highest BCUT2D eigenvalue weighted by Gasteiger charge is 2.37. The summed E-state index contributed by atoms with van der Waals surface area (Å²) in [4.78, 5) is 14.6. The number of nitrogens with two attached hydrogens (primary N) is 1. The average molecular weight is 260 g/mol. The lowest BCUT2D eigenvalue weighted by molar-refractivity contribution is -0.123. The van der Waals surface area contributed by atoms with Gasteiger partial charge < -0.3 is 15.4 Å². The maximum absolute atomic E-state index is 12.7. The Balaban J connectivity index is 1.85. The molecule has 1 aromatic carbocycles. The van der Waals surface area contributed by atoms with Gasteiger partial charge >= 0.3 is 0 Å². The Bertz CT molecular complexity index is 501. The second-order valence-electron chi connectivity index (χ2n) is 5.34. The molecule has 0 spiro atoms. The standard InChI is InChI=1S/C15H20N2O2/c1-2-14-12(6-8-19-14)15(18)17-7-5-10-3-4-11(16)9-13(10)17/h3-4,9,12,14H,2,5-8,16H2,1H3. The van der Waals surface area contributed by atoms with Gasteiger partial charge in [0.2, 0.25) is 5.91 Å². The van der Waals surface area contributed by atoms with Crippen molar-refractivity contribution in [1.82, 2.24) is 0 Å². The lowest BCUT2D eigenvalue weighted by Gasteiger charge is -2.24. The molecule has 0 bridgehead atoms. The van der Waals surface area contributed by atoms with Crippen LogP contribution in [0.3, 0.4) is 0 Å². The first-order valence-electron chi connectivity index (χ1n) is 7.02. The molecular formula is C15H20N2O2. The van der Waals surface area contributed by atoms with Crippen molar-refractivity contribution in [2.24, 2.45) is 5.92 Å². The zero-order valence-corrected chi connectivity index (χ0v) is 11.3. The molecular weight excluding hydrogens is 240 g/mol. The van der Waals surface area contributed by atoms with Crippen LogP contribution in [0, 0.1) is 5.92 Å². The highest BCUT2D eigenvalue weighted by molar-refractivity contribution is 5.98. The Labute approximate surface area is 113 Å². The molecule has 4 heteroatoms. The number of hydrogen-bond acceptors (Lipinski definition) is 3. The van der Waals surface area contributed by atoms with Gasteiger partial charge in [0.25, 0.3) is 0 Å². The number of amides is 1. The van der Waals surface area contributed by atoms with Gasteiger partial charge in [0, 0.05) is 24.5 Å². The molecule has 2 atom stereocenters. The molecule has 2 aliphatic rings. The number of fused-ring (bicyclic) bond motifs is 1. The van der Waals surface area contributed by atoms with E-state index in [4.69, 9.17) is 10.5 Å². The summed E-state index contributed by atoms with van der Waals surface area (Å²) in [5.74, 6) is 0.214. The Morgan fingerprint density at radius 2 is 2.37 bits per heavy atom. The van der Waals surface area contributed by atoms with Gasteiger partial charge in [-0.2, -0.15) is 0 Å². The third kappa shape index (κ3) is 2.10. The van der Waals surface area contributed by atoms with E-state index < -0.39 is 0 Å². The van der Waals surface area contributed by atoms with E-state index in [-0.39, 0.29) is 17.9 Å². The molecule has 102 valence electrons. The fourth-order valence-corrected chi connectivity index (χ4v) is 3.16. The molecule has 3 rings (SSSR count). The fraction of sp³-hybridized carbons (Fsp3) is 0.533. The number of hydrogen-bond donors (Lipinski definition) is 1. The molecule has 0 radical (unpaired) electrons. The molecule has 0 aliphatic carbocycles. The number of rotatable bonds is 2. The summed E-state index contributed by atoms with van der Waals surface area (Å²) in [5, 5.41) is 0. The van der Waals surface area contributed by atoms with E-state index in [0.29, 0.717) is 12.3 Å². The van der Waals surface area contributed by atoms with Crippen molar-refractivity contribution in [3.63, 3.8) is 0 Å². The minimum Gasteiger partial charge on any atom is -0.399 e. The van der Waals surface area contributed by atoms with Crippen LogP contribution in [0.4, 0.5) is 11.4 Å². The topological polar surface area (TPSA) is 55.6 Å². The maximum atomic E-state index is 12.7. The first-order valence-corrected chi connectivity index (χ1v) is 7.02. The van der Waals surface area contributed by atoms with Gasteiger partial charge in [-0.05, 0) is 37.0 Å². The number of anilines is 2. The first kappa shape index (κ1) is 12.5. The van der Waals surface area contributed by atoms with Gasteiger partial charge in [0.1, 0.15) is 0 Å². The van der Waals surface area contributed by atoms with Crippen molar-refractivity contribution in [1.29, 1.82) is 0 Å². The number of nitrogen functional groups attached to an aromatic ring is 1. The second-order valence-corrected chi connectivity index (χ2v) is 5.34. The summed E-state index contributed by atoms with van der Waals surface area (Å²) >= 11 is 0. The molecule has 1 amide bonds. The van der Waals surface area contributed by atoms with E-state index in [1.807, 2.05) is 23.1 Å².